The van der Waals surface area contributed by atoms with E-state index in [-0.39, 0.29) is 23.5 Å². The molecule has 0 bridgehead atoms. The predicted molar refractivity (Wildman–Crippen MR) is 106 cm³/mol. The van der Waals surface area contributed by atoms with Gasteiger partial charge in [0.05, 0.1) is 34.6 Å². The summed E-state index contributed by atoms with van der Waals surface area (Å²) in [7, 11) is -0.667. The number of carbonyl (C=O) groups is 2. The number of benzene rings is 1. The first-order valence-corrected chi connectivity index (χ1v) is 9.45. The van der Waals surface area contributed by atoms with E-state index >= 15 is 0 Å². The zero-order chi connectivity index (χ0) is 20.3. The topological polar surface area (TPSA) is 68.7 Å². The Morgan fingerprint density at radius 1 is 0.964 bits per heavy atom. The average molecular weight is 399 g/mol. The minimum Gasteiger partial charge on any atom is -0.399 e. The molecule has 3 heterocycles. The van der Waals surface area contributed by atoms with Gasteiger partial charge < -0.3 is 9.31 Å². The summed E-state index contributed by atoms with van der Waals surface area (Å²) >= 11 is 6.10. The van der Waals surface area contributed by atoms with E-state index in [9.17, 15) is 9.59 Å². The maximum atomic E-state index is 12.7. The zero-order valence-corrected chi connectivity index (χ0v) is 16.9. The molecule has 0 unspecified atom stereocenters. The van der Waals surface area contributed by atoms with Crippen LogP contribution in [-0.4, -0.2) is 40.0 Å². The van der Waals surface area contributed by atoms with E-state index in [1.54, 1.807) is 36.4 Å². The summed E-state index contributed by atoms with van der Waals surface area (Å²) in [5.41, 5.74) is 0.868. The van der Waals surface area contributed by atoms with E-state index in [0.717, 1.165) is 0 Å². The van der Waals surface area contributed by atoms with Crippen molar-refractivity contribution in [3.63, 3.8) is 0 Å². The van der Waals surface area contributed by atoms with Crippen LogP contribution in [0.25, 0.3) is 0 Å². The van der Waals surface area contributed by atoms with E-state index in [1.165, 1.54) is 4.90 Å². The molecule has 2 aromatic rings. The van der Waals surface area contributed by atoms with Gasteiger partial charge in [0.15, 0.2) is 0 Å². The smallest absolute Gasteiger partial charge is 0.399 e. The number of carbonyl (C=O) groups excluding carboxylic acids is 2. The molecule has 1 aromatic heterocycles. The molecule has 0 aliphatic carbocycles. The van der Waals surface area contributed by atoms with Crippen molar-refractivity contribution in [2.24, 2.45) is 0 Å². The van der Waals surface area contributed by atoms with Gasteiger partial charge in [0.25, 0.3) is 11.8 Å². The van der Waals surface area contributed by atoms with Crippen molar-refractivity contribution in [1.82, 2.24) is 9.88 Å². The fourth-order valence-corrected chi connectivity index (χ4v) is 3.49. The highest BCUT2D eigenvalue weighted by atomic mass is 35.5. The zero-order valence-electron chi connectivity index (χ0n) is 16.2. The van der Waals surface area contributed by atoms with Gasteiger partial charge in [-0.15, -0.1) is 0 Å². The van der Waals surface area contributed by atoms with Crippen LogP contribution in [0.3, 0.4) is 0 Å². The molecule has 2 aliphatic heterocycles. The third-order valence-electron chi connectivity index (χ3n) is 5.67. The number of imide groups is 1. The molecular formula is C20H20BClN2O4. The summed E-state index contributed by atoms with van der Waals surface area (Å²) in [6.45, 7) is 7.83. The number of hydrogen-bond donors (Lipinski definition) is 0. The van der Waals surface area contributed by atoms with E-state index in [4.69, 9.17) is 20.9 Å². The molecule has 4 rings (SSSR count). The molecule has 0 atom stereocenters. The number of halogens is 1. The first-order valence-electron chi connectivity index (χ1n) is 9.07. The lowest BCUT2D eigenvalue weighted by atomic mass is 9.77. The SMILES string of the molecule is CC1(C)OB(c2ccc(Cl)nc2CN2C(=O)c3ccccc3C2=O)OC1(C)C. The van der Waals surface area contributed by atoms with Crippen molar-refractivity contribution in [2.45, 2.75) is 45.4 Å². The molecule has 1 saturated heterocycles. The summed E-state index contributed by atoms with van der Waals surface area (Å²) in [4.78, 5) is 31.0. The monoisotopic (exact) mass is 398 g/mol. The molecule has 28 heavy (non-hydrogen) atoms. The van der Waals surface area contributed by atoms with Crippen LogP contribution >= 0.6 is 11.6 Å². The molecule has 1 aromatic carbocycles. The molecule has 0 radical (unpaired) electrons. The Morgan fingerprint density at radius 3 is 2.04 bits per heavy atom. The first-order chi connectivity index (χ1) is 13.1. The summed E-state index contributed by atoms with van der Waals surface area (Å²) in [6.07, 6.45) is 0. The van der Waals surface area contributed by atoms with Gasteiger partial charge in [-0.1, -0.05) is 29.8 Å². The molecule has 6 nitrogen and oxygen atoms in total. The van der Waals surface area contributed by atoms with Crippen molar-refractivity contribution in [1.29, 1.82) is 0 Å². The van der Waals surface area contributed by atoms with Gasteiger partial charge in [-0.3, -0.25) is 14.5 Å². The van der Waals surface area contributed by atoms with Gasteiger partial charge in [-0.05, 0) is 45.9 Å². The number of aromatic nitrogens is 1. The Labute approximate surface area is 168 Å². The number of fused-ring (bicyclic) bond motifs is 1. The van der Waals surface area contributed by atoms with Gasteiger partial charge in [-0.25, -0.2) is 4.98 Å². The summed E-state index contributed by atoms with van der Waals surface area (Å²) in [6, 6.07) is 10.2. The molecule has 0 spiro atoms. The van der Waals surface area contributed by atoms with Crippen LogP contribution in [0.4, 0.5) is 0 Å². The van der Waals surface area contributed by atoms with Crippen molar-refractivity contribution in [3.05, 3.63) is 58.4 Å². The Hall–Kier alpha value is -2.22. The minimum atomic E-state index is -0.667. The fraction of sp³-hybridized carbons (Fsp3) is 0.350. The van der Waals surface area contributed by atoms with Crippen LogP contribution in [0.2, 0.25) is 5.15 Å². The third kappa shape index (κ3) is 2.94. The lowest BCUT2D eigenvalue weighted by molar-refractivity contribution is 0.00578. The number of pyridine rings is 1. The maximum absolute atomic E-state index is 12.7. The third-order valence-corrected chi connectivity index (χ3v) is 5.88. The second-order valence-electron chi connectivity index (χ2n) is 8.00. The molecule has 0 saturated carbocycles. The highest BCUT2D eigenvalue weighted by Gasteiger charge is 2.52. The standard InChI is InChI=1S/C20H20BClN2O4/c1-19(2)20(3,4)28-21(27-19)14-9-10-16(22)23-15(14)11-24-17(25)12-7-5-6-8-13(12)18(24)26/h5-10H,11H2,1-4H3. The van der Waals surface area contributed by atoms with Crippen molar-refractivity contribution < 1.29 is 18.9 Å². The fourth-order valence-electron chi connectivity index (χ4n) is 3.33. The number of hydrogen-bond acceptors (Lipinski definition) is 5. The van der Waals surface area contributed by atoms with Gasteiger partial charge in [-0.2, -0.15) is 0 Å². The normalized spacial score (nSPS) is 20.0. The second kappa shape index (κ2) is 6.41. The van der Waals surface area contributed by atoms with Gasteiger partial charge in [0.2, 0.25) is 0 Å². The molecular weight excluding hydrogens is 378 g/mol. The van der Waals surface area contributed by atoms with Crippen molar-refractivity contribution >= 4 is 36.0 Å². The number of rotatable bonds is 3. The summed E-state index contributed by atoms with van der Waals surface area (Å²) < 4.78 is 12.2. The summed E-state index contributed by atoms with van der Waals surface area (Å²) in [5.74, 6) is -0.690. The molecule has 0 N–H and O–H groups in total. The first kappa shape index (κ1) is 19.1. The Morgan fingerprint density at radius 2 is 1.50 bits per heavy atom. The largest absolute Gasteiger partial charge is 0.496 e. The molecule has 2 aliphatic rings. The van der Waals surface area contributed by atoms with Gasteiger partial charge >= 0.3 is 7.12 Å². The van der Waals surface area contributed by atoms with Crippen LogP contribution in [0.1, 0.15) is 54.1 Å². The van der Waals surface area contributed by atoms with Crippen LogP contribution in [-0.2, 0) is 15.9 Å². The Kier molecular flexibility index (Phi) is 4.37. The lowest BCUT2D eigenvalue weighted by Gasteiger charge is -2.32. The van der Waals surface area contributed by atoms with E-state index < -0.39 is 18.3 Å². The van der Waals surface area contributed by atoms with Crippen LogP contribution in [0.15, 0.2) is 36.4 Å². The molecule has 144 valence electrons. The molecule has 2 amide bonds. The predicted octanol–water partition coefficient (Wildman–Crippen LogP) is 2.83. The molecule has 1 fully saturated rings. The quantitative estimate of drug-likeness (QED) is 0.452. The van der Waals surface area contributed by atoms with Crippen LogP contribution in [0.5, 0.6) is 0 Å². The van der Waals surface area contributed by atoms with Gasteiger partial charge in [0, 0.05) is 5.46 Å². The Balaban J connectivity index is 1.68. The van der Waals surface area contributed by atoms with E-state index in [0.29, 0.717) is 22.3 Å². The molecule has 8 heteroatoms. The second-order valence-corrected chi connectivity index (χ2v) is 8.39. The van der Waals surface area contributed by atoms with Crippen molar-refractivity contribution in [2.75, 3.05) is 0 Å². The van der Waals surface area contributed by atoms with Crippen LogP contribution in [0, 0.1) is 0 Å². The highest BCUT2D eigenvalue weighted by Crippen LogP contribution is 2.37. The van der Waals surface area contributed by atoms with Gasteiger partial charge in [0.1, 0.15) is 5.15 Å². The Bertz CT molecular complexity index is 941. The summed E-state index contributed by atoms with van der Waals surface area (Å²) in [5, 5.41) is 0.270. The maximum Gasteiger partial charge on any atom is 0.496 e. The highest BCUT2D eigenvalue weighted by molar-refractivity contribution is 6.62. The van der Waals surface area contributed by atoms with E-state index in [2.05, 4.69) is 4.98 Å². The lowest BCUT2D eigenvalue weighted by Crippen LogP contribution is -2.41. The number of nitrogens with zero attached hydrogens (tertiary/aromatic N) is 2. The van der Waals surface area contributed by atoms with Crippen molar-refractivity contribution in [3.8, 4) is 0 Å². The van der Waals surface area contributed by atoms with Crippen LogP contribution < -0.4 is 5.46 Å². The minimum absolute atomic E-state index is 0.00762. The average Bonchev–Trinajstić information content (AvgIpc) is 2.99. The van der Waals surface area contributed by atoms with E-state index in [1.807, 2.05) is 27.7 Å². The number of amides is 2.